The Bertz CT molecular complexity index is 830. The number of aromatic nitrogens is 1. The van der Waals surface area contributed by atoms with E-state index < -0.39 is 5.97 Å². The first-order chi connectivity index (χ1) is 11.0. The number of rotatable bonds is 3. The van der Waals surface area contributed by atoms with E-state index >= 15 is 0 Å². The Balaban J connectivity index is 0.000000924. The average Bonchev–Trinajstić information content (AvgIpc) is 2.96. The van der Waals surface area contributed by atoms with E-state index in [0.717, 1.165) is 15.2 Å². The Morgan fingerprint density at radius 2 is 1.83 bits per heavy atom. The van der Waals surface area contributed by atoms with Gasteiger partial charge >= 0.3 is 5.97 Å². The largest absolute Gasteiger partial charge is 0.477 e. The molecule has 2 N–H and O–H groups in total. The summed E-state index contributed by atoms with van der Waals surface area (Å²) in [5.41, 5.74) is 0.762. The zero-order chi connectivity index (χ0) is 17.0. The lowest BCUT2D eigenvalue weighted by Gasteiger charge is -2.04. The monoisotopic (exact) mass is 351 g/mol. The number of aromatic carboxylic acids is 1. The molecule has 0 saturated heterocycles. The molecule has 1 aromatic heterocycles. The van der Waals surface area contributed by atoms with Crippen LogP contribution in [0.1, 0.15) is 24.3 Å². The Kier molecular flexibility index (Phi) is 5.69. The van der Waals surface area contributed by atoms with Crippen molar-refractivity contribution in [3.63, 3.8) is 0 Å². The van der Waals surface area contributed by atoms with Crippen LogP contribution in [0.15, 0.2) is 52.3 Å². The fourth-order valence-corrected chi connectivity index (χ4v) is 3.27. The molecular weight excluding hydrogens is 337 g/mol. The van der Waals surface area contributed by atoms with E-state index in [2.05, 4.69) is 4.98 Å². The SMILES string of the molecule is CC.O=C(O)c1cc2c(Sc3ccc(F)cc3)cc(Cl)cc2[nH]1. The highest BCUT2D eigenvalue weighted by atomic mass is 35.5. The van der Waals surface area contributed by atoms with Crippen LogP contribution in [0, 0.1) is 5.82 Å². The molecule has 6 heteroatoms. The molecule has 0 bridgehead atoms. The molecule has 0 saturated carbocycles. The summed E-state index contributed by atoms with van der Waals surface area (Å²) in [6.07, 6.45) is 0. The smallest absolute Gasteiger partial charge is 0.352 e. The van der Waals surface area contributed by atoms with Gasteiger partial charge in [0.2, 0.25) is 0 Å². The number of nitrogens with one attached hydrogen (secondary N) is 1. The quantitative estimate of drug-likeness (QED) is 0.623. The molecule has 0 spiro atoms. The number of halogens is 2. The molecule has 23 heavy (non-hydrogen) atoms. The third-order valence-corrected chi connectivity index (χ3v) is 4.22. The highest BCUT2D eigenvalue weighted by Gasteiger charge is 2.12. The minimum atomic E-state index is -1.03. The average molecular weight is 352 g/mol. The fraction of sp³-hybridized carbons (Fsp3) is 0.118. The van der Waals surface area contributed by atoms with Crippen LogP contribution in [-0.4, -0.2) is 16.1 Å². The first-order valence-electron chi connectivity index (χ1n) is 7.02. The van der Waals surface area contributed by atoms with E-state index in [1.165, 1.54) is 23.9 Å². The lowest BCUT2D eigenvalue weighted by molar-refractivity contribution is 0.0691. The van der Waals surface area contributed by atoms with Gasteiger partial charge in [0.05, 0.1) is 0 Å². The zero-order valence-corrected chi connectivity index (χ0v) is 14.1. The molecule has 0 fully saturated rings. The number of carboxylic acids is 1. The van der Waals surface area contributed by atoms with Crippen LogP contribution in [0.2, 0.25) is 5.02 Å². The molecule has 3 rings (SSSR count). The van der Waals surface area contributed by atoms with E-state index in [4.69, 9.17) is 16.7 Å². The van der Waals surface area contributed by atoms with Crippen LogP contribution in [0.3, 0.4) is 0 Å². The summed E-state index contributed by atoms with van der Waals surface area (Å²) in [6, 6.07) is 11.1. The lowest BCUT2D eigenvalue weighted by atomic mass is 10.2. The van der Waals surface area contributed by atoms with Crippen molar-refractivity contribution in [2.45, 2.75) is 23.6 Å². The summed E-state index contributed by atoms with van der Waals surface area (Å²) in [4.78, 5) is 15.5. The van der Waals surface area contributed by atoms with Crippen molar-refractivity contribution in [2.75, 3.05) is 0 Å². The van der Waals surface area contributed by atoms with E-state index in [1.54, 1.807) is 30.3 Å². The molecule has 0 atom stereocenters. The number of benzene rings is 2. The van der Waals surface area contributed by atoms with Gasteiger partial charge in [-0.3, -0.25) is 0 Å². The summed E-state index contributed by atoms with van der Waals surface area (Å²) >= 11 is 7.46. The van der Waals surface area contributed by atoms with Crippen LogP contribution in [0.25, 0.3) is 10.9 Å². The Hall–Kier alpha value is -1.98. The zero-order valence-electron chi connectivity index (χ0n) is 12.6. The van der Waals surface area contributed by atoms with Gasteiger partial charge in [0, 0.05) is 25.7 Å². The Morgan fingerprint density at radius 3 is 2.43 bits per heavy atom. The van der Waals surface area contributed by atoms with Gasteiger partial charge in [-0.15, -0.1) is 0 Å². The molecule has 0 aliphatic heterocycles. The minimum absolute atomic E-state index is 0.105. The van der Waals surface area contributed by atoms with Crippen LogP contribution in [0.4, 0.5) is 4.39 Å². The van der Waals surface area contributed by atoms with Gasteiger partial charge in [-0.05, 0) is 42.5 Å². The number of H-pyrrole nitrogens is 1. The second-order valence-corrected chi connectivity index (χ2v) is 5.96. The second kappa shape index (κ2) is 7.53. The van der Waals surface area contributed by atoms with Crippen molar-refractivity contribution < 1.29 is 14.3 Å². The summed E-state index contributed by atoms with van der Waals surface area (Å²) in [5.74, 6) is -1.33. The Morgan fingerprint density at radius 1 is 1.17 bits per heavy atom. The first kappa shape index (κ1) is 17.4. The number of carbonyl (C=O) groups is 1. The van der Waals surface area contributed by atoms with Crippen molar-refractivity contribution in [1.82, 2.24) is 4.98 Å². The van der Waals surface area contributed by atoms with Crippen LogP contribution in [-0.2, 0) is 0 Å². The van der Waals surface area contributed by atoms with Crippen molar-refractivity contribution in [1.29, 1.82) is 0 Å². The van der Waals surface area contributed by atoms with Gasteiger partial charge in [-0.1, -0.05) is 37.2 Å². The summed E-state index contributed by atoms with van der Waals surface area (Å²) in [7, 11) is 0. The van der Waals surface area contributed by atoms with Crippen LogP contribution < -0.4 is 0 Å². The van der Waals surface area contributed by atoms with Gasteiger partial charge in [-0.25, -0.2) is 9.18 Å². The highest BCUT2D eigenvalue weighted by Crippen LogP contribution is 2.36. The summed E-state index contributed by atoms with van der Waals surface area (Å²) in [6.45, 7) is 4.00. The van der Waals surface area contributed by atoms with Gasteiger partial charge in [0.15, 0.2) is 0 Å². The van der Waals surface area contributed by atoms with Crippen molar-refractivity contribution in [3.05, 3.63) is 59.0 Å². The molecule has 120 valence electrons. The molecule has 0 amide bonds. The summed E-state index contributed by atoms with van der Waals surface area (Å²) in [5, 5.41) is 10.3. The lowest BCUT2D eigenvalue weighted by Crippen LogP contribution is -1.94. The number of carboxylic acid groups (broad SMARTS) is 1. The molecule has 3 aromatic rings. The third kappa shape index (κ3) is 4.06. The van der Waals surface area contributed by atoms with Crippen LogP contribution >= 0.6 is 23.4 Å². The topological polar surface area (TPSA) is 53.1 Å². The number of aromatic amines is 1. The maximum Gasteiger partial charge on any atom is 0.352 e. The predicted molar refractivity (Wildman–Crippen MR) is 92.1 cm³/mol. The van der Waals surface area contributed by atoms with Crippen molar-refractivity contribution in [3.8, 4) is 0 Å². The standard InChI is InChI=1S/C15H9ClFNO2S.C2H6/c16-8-5-12-11(7-13(18-12)15(19)20)14(6-8)21-10-3-1-9(17)2-4-10;1-2/h1-7,18H,(H,19,20);1-2H3. The van der Waals surface area contributed by atoms with E-state index in [-0.39, 0.29) is 11.5 Å². The minimum Gasteiger partial charge on any atom is -0.477 e. The van der Waals surface area contributed by atoms with Crippen molar-refractivity contribution >= 4 is 40.2 Å². The van der Waals surface area contributed by atoms with Crippen LogP contribution in [0.5, 0.6) is 0 Å². The number of fused-ring (bicyclic) bond motifs is 1. The molecule has 0 radical (unpaired) electrons. The maximum atomic E-state index is 12.9. The number of hydrogen-bond donors (Lipinski definition) is 2. The van der Waals surface area contributed by atoms with Gasteiger partial charge < -0.3 is 10.1 Å². The fourth-order valence-electron chi connectivity index (χ4n) is 2.00. The van der Waals surface area contributed by atoms with E-state index in [0.29, 0.717) is 10.5 Å². The molecule has 3 nitrogen and oxygen atoms in total. The van der Waals surface area contributed by atoms with E-state index in [1.807, 2.05) is 13.8 Å². The van der Waals surface area contributed by atoms with Gasteiger partial charge in [-0.2, -0.15) is 0 Å². The Labute approximate surface area is 142 Å². The molecule has 2 aromatic carbocycles. The normalized spacial score (nSPS) is 10.3. The van der Waals surface area contributed by atoms with Gasteiger partial charge in [0.1, 0.15) is 11.5 Å². The molecule has 0 aliphatic carbocycles. The molecule has 0 unspecified atom stereocenters. The molecule has 0 aliphatic rings. The third-order valence-electron chi connectivity index (χ3n) is 2.94. The maximum absolute atomic E-state index is 12.9. The second-order valence-electron chi connectivity index (χ2n) is 4.41. The molecule has 1 heterocycles. The first-order valence-corrected chi connectivity index (χ1v) is 8.21. The predicted octanol–water partition coefficient (Wildman–Crippen LogP) is 5.84. The highest BCUT2D eigenvalue weighted by molar-refractivity contribution is 7.99. The number of hydrogen-bond acceptors (Lipinski definition) is 2. The van der Waals surface area contributed by atoms with Crippen molar-refractivity contribution in [2.24, 2.45) is 0 Å². The van der Waals surface area contributed by atoms with Gasteiger partial charge in [0.25, 0.3) is 0 Å². The molecular formula is C17H15ClFNO2S. The van der Waals surface area contributed by atoms with E-state index in [9.17, 15) is 9.18 Å². The summed E-state index contributed by atoms with van der Waals surface area (Å²) < 4.78 is 12.9.